The molecule has 0 aliphatic carbocycles. The Morgan fingerprint density at radius 2 is 1.89 bits per heavy atom. The van der Waals surface area contributed by atoms with Crippen molar-refractivity contribution in [1.82, 2.24) is 0 Å². The Kier molecular flexibility index (Phi) is 4.88. The number of carbonyl (C=O) groups excluding carboxylic acids is 1. The van der Waals surface area contributed by atoms with E-state index >= 15 is 0 Å². The summed E-state index contributed by atoms with van der Waals surface area (Å²) in [5.41, 5.74) is 0.802. The fraction of sp³-hybridized carbons (Fsp3) is 0.300. The van der Waals surface area contributed by atoms with Gasteiger partial charge in [0.2, 0.25) is 0 Å². The lowest BCUT2D eigenvalue weighted by atomic mass is 10.2. The molecule has 1 aromatic rings. The van der Waals surface area contributed by atoms with E-state index in [1.54, 1.807) is 12.1 Å². The van der Waals surface area contributed by atoms with E-state index in [1.165, 1.54) is 12.1 Å². The van der Waals surface area contributed by atoms with Crippen LogP contribution in [0.25, 0.3) is 0 Å². The van der Waals surface area contributed by atoms with Crippen molar-refractivity contribution >= 4 is 26.1 Å². The van der Waals surface area contributed by atoms with E-state index in [2.05, 4.69) is 4.36 Å². The third-order valence-electron chi connectivity index (χ3n) is 2.17. The number of alkyl halides is 3. The van der Waals surface area contributed by atoms with E-state index in [0.29, 0.717) is 17.1 Å². The molecular formula is C10H12F3NO3SSi. The second-order valence-corrected chi connectivity index (χ2v) is 6.61. The van der Waals surface area contributed by atoms with Crippen molar-refractivity contribution in [3.05, 3.63) is 29.8 Å². The van der Waals surface area contributed by atoms with Crippen LogP contribution in [0.2, 0.25) is 0 Å². The molecule has 0 aliphatic heterocycles. The highest BCUT2D eigenvalue weighted by atomic mass is 32.2. The molecule has 1 rings (SSSR count). The van der Waals surface area contributed by atoms with E-state index < -0.39 is 21.8 Å². The highest BCUT2D eigenvalue weighted by Gasteiger charge is 2.39. The van der Waals surface area contributed by atoms with Crippen LogP contribution in [0.5, 0.6) is 0 Å². The van der Waals surface area contributed by atoms with Gasteiger partial charge in [-0.05, 0) is 17.7 Å². The monoisotopic (exact) mass is 311 g/mol. The van der Waals surface area contributed by atoms with Crippen molar-refractivity contribution in [2.45, 2.75) is 17.7 Å². The van der Waals surface area contributed by atoms with Crippen LogP contribution in [0.15, 0.2) is 33.5 Å². The van der Waals surface area contributed by atoms with Crippen LogP contribution >= 0.6 is 0 Å². The van der Waals surface area contributed by atoms with E-state index in [4.69, 9.17) is 4.43 Å². The van der Waals surface area contributed by atoms with E-state index in [1.807, 2.05) is 0 Å². The molecule has 106 valence electrons. The topological polar surface area (TPSA) is 55.7 Å². The van der Waals surface area contributed by atoms with Crippen LogP contribution in [0, 0.1) is 0 Å². The fourth-order valence-corrected chi connectivity index (χ4v) is 2.77. The van der Waals surface area contributed by atoms with Crippen LogP contribution in [0.1, 0.15) is 5.56 Å². The molecule has 0 fully saturated rings. The summed E-state index contributed by atoms with van der Waals surface area (Å²) in [6.07, 6.45) is -4.12. The van der Waals surface area contributed by atoms with Crippen molar-refractivity contribution < 1.29 is 26.6 Å². The molecular weight excluding hydrogens is 299 g/mol. The van der Waals surface area contributed by atoms with Crippen molar-refractivity contribution in [2.24, 2.45) is 4.36 Å². The lowest BCUT2D eigenvalue weighted by Gasteiger charge is -2.07. The van der Waals surface area contributed by atoms with Gasteiger partial charge >= 0.3 is 12.1 Å². The maximum atomic E-state index is 12.1. The van der Waals surface area contributed by atoms with E-state index in [-0.39, 0.29) is 4.90 Å². The average molecular weight is 311 g/mol. The molecule has 0 radical (unpaired) electrons. The predicted octanol–water partition coefficient (Wildman–Crippen LogP) is 1.03. The lowest BCUT2D eigenvalue weighted by Crippen LogP contribution is -2.21. The van der Waals surface area contributed by atoms with Gasteiger partial charge in [0.25, 0.3) is 0 Å². The van der Waals surface area contributed by atoms with Gasteiger partial charge in [-0.25, -0.2) is 4.21 Å². The van der Waals surface area contributed by atoms with Crippen molar-refractivity contribution in [3.63, 3.8) is 0 Å². The number of carbonyl (C=O) groups is 1. The number of rotatable bonds is 3. The molecule has 1 atom stereocenters. The summed E-state index contributed by atoms with van der Waals surface area (Å²) in [6, 6.07) is 5.91. The van der Waals surface area contributed by atoms with Crippen LogP contribution in [0.3, 0.4) is 0 Å². The molecule has 1 unspecified atom stereocenters. The minimum atomic E-state index is -5.11. The first-order valence-corrected chi connectivity index (χ1v) is 7.82. The zero-order valence-corrected chi connectivity index (χ0v) is 13.0. The summed E-state index contributed by atoms with van der Waals surface area (Å²) in [5.74, 6) is -2.34. The van der Waals surface area contributed by atoms with Gasteiger partial charge in [-0.3, -0.25) is 4.79 Å². The summed E-state index contributed by atoms with van der Waals surface area (Å²) in [6.45, 7) is 0.385. The van der Waals surface area contributed by atoms with Crippen LogP contribution < -0.4 is 0 Å². The SMILES string of the molecule is CS(=O)(=NC(=O)C(F)(F)F)c1ccc(CO[SiH3])cc1. The molecule has 0 aliphatic rings. The second kappa shape index (κ2) is 5.84. The molecule has 4 nitrogen and oxygen atoms in total. The highest BCUT2D eigenvalue weighted by molar-refractivity contribution is 7.93. The van der Waals surface area contributed by atoms with Crippen LogP contribution in [0.4, 0.5) is 13.2 Å². The lowest BCUT2D eigenvalue weighted by molar-refractivity contribution is -0.169. The normalized spacial score (nSPS) is 14.9. The van der Waals surface area contributed by atoms with Crippen LogP contribution in [-0.2, 0) is 25.6 Å². The number of benzene rings is 1. The number of nitrogens with zero attached hydrogens (tertiary/aromatic N) is 1. The molecule has 0 saturated carbocycles. The Morgan fingerprint density at radius 3 is 2.32 bits per heavy atom. The van der Waals surface area contributed by atoms with Gasteiger partial charge in [-0.2, -0.15) is 13.2 Å². The average Bonchev–Trinajstić information content (AvgIpc) is 2.28. The first-order valence-electron chi connectivity index (χ1n) is 5.08. The Hall–Kier alpha value is -1.19. The molecule has 9 heteroatoms. The Labute approximate surface area is 111 Å². The molecule has 1 amide bonds. The summed E-state index contributed by atoms with van der Waals surface area (Å²) in [7, 11) is -2.84. The Morgan fingerprint density at radius 1 is 1.37 bits per heavy atom. The highest BCUT2D eigenvalue weighted by Crippen LogP contribution is 2.20. The number of hydrogen-bond donors (Lipinski definition) is 0. The third-order valence-corrected chi connectivity index (χ3v) is 4.12. The quantitative estimate of drug-likeness (QED) is 0.784. The Balaban J connectivity index is 3.10. The minimum absolute atomic E-state index is 0.0715. The zero-order chi connectivity index (χ0) is 14.7. The van der Waals surface area contributed by atoms with Gasteiger partial charge in [0.15, 0.2) is 0 Å². The van der Waals surface area contributed by atoms with Crippen LogP contribution in [-0.4, -0.2) is 33.0 Å². The summed E-state index contributed by atoms with van der Waals surface area (Å²) >= 11 is 0. The second-order valence-electron chi connectivity index (χ2n) is 3.77. The number of halogens is 3. The molecule has 1 aromatic carbocycles. The van der Waals surface area contributed by atoms with Gasteiger partial charge in [0.1, 0.15) is 10.5 Å². The first kappa shape index (κ1) is 15.9. The molecule has 0 bridgehead atoms. The van der Waals surface area contributed by atoms with Gasteiger partial charge < -0.3 is 4.43 Å². The van der Waals surface area contributed by atoms with Gasteiger partial charge in [0, 0.05) is 11.2 Å². The van der Waals surface area contributed by atoms with E-state index in [9.17, 15) is 22.2 Å². The van der Waals surface area contributed by atoms with Gasteiger partial charge in [0.05, 0.1) is 16.3 Å². The smallest absolute Gasteiger partial charge is 0.424 e. The molecule has 0 aromatic heterocycles. The molecule has 0 heterocycles. The summed E-state index contributed by atoms with van der Waals surface area (Å²) < 4.78 is 56.0. The molecule has 19 heavy (non-hydrogen) atoms. The molecule has 0 N–H and O–H groups in total. The van der Waals surface area contributed by atoms with Crippen molar-refractivity contribution in [3.8, 4) is 0 Å². The molecule has 0 spiro atoms. The number of hydrogen-bond acceptors (Lipinski definition) is 3. The zero-order valence-electron chi connectivity index (χ0n) is 10.2. The first-order chi connectivity index (χ1) is 8.66. The third kappa shape index (κ3) is 4.44. The van der Waals surface area contributed by atoms with E-state index in [0.717, 1.165) is 11.8 Å². The standard InChI is InChI=1S/C10H12F3NO3SSi/c1-18(16,14-9(15)10(11,12)13)8-4-2-7(3-5-8)6-17-19/h2-5H,6H2,1,19H3. The number of amides is 1. The maximum absolute atomic E-state index is 12.1. The maximum Gasteiger partial charge on any atom is 0.474 e. The summed E-state index contributed by atoms with van der Waals surface area (Å²) in [5, 5.41) is 0. The van der Waals surface area contributed by atoms with Gasteiger partial charge in [-0.1, -0.05) is 12.1 Å². The van der Waals surface area contributed by atoms with Crippen molar-refractivity contribution in [2.75, 3.05) is 6.26 Å². The van der Waals surface area contributed by atoms with Crippen molar-refractivity contribution in [1.29, 1.82) is 0 Å². The predicted molar refractivity (Wildman–Crippen MR) is 67.0 cm³/mol. The fourth-order valence-electron chi connectivity index (χ4n) is 1.27. The molecule has 0 saturated heterocycles. The largest absolute Gasteiger partial charge is 0.474 e. The summed E-state index contributed by atoms with van der Waals surface area (Å²) in [4.78, 5) is 10.8. The van der Waals surface area contributed by atoms with Gasteiger partial charge in [-0.15, -0.1) is 4.36 Å². The Bertz CT molecular complexity index is 577. The minimum Gasteiger partial charge on any atom is -0.424 e.